The van der Waals surface area contributed by atoms with E-state index in [0.717, 1.165) is 0 Å². The molecule has 3 N–H and O–H groups in total. The molecule has 0 aliphatic rings. The van der Waals surface area contributed by atoms with E-state index in [1.54, 1.807) is 12.3 Å². The summed E-state index contributed by atoms with van der Waals surface area (Å²) < 4.78 is 5.21. The normalized spacial score (nSPS) is 13.2. The number of ether oxygens (including phenoxy) is 1. The summed E-state index contributed by atoms with van der Waals surface area (Å²) in [6.07, 6.45) is 1.58. The average molecular weight is 239 g/mol. The van der Waals surface area contributed by atoms with Gasteiger partial charge in [-0.1, -0.05) is 20.8 Å². The van der Waals surface area contributed by atoms with Crippen molar-refractivity contribution < 1.29 is 14.6 Å². The first-order chi connectivity index (χ1) is 7.80. The molecule has 6 nitrogen and oxygen atoms in total. The predicted molar refractivity (Wildman–Crippen MR) is 61.8 cm³/mol. The largest absolute Gasteiger partial charge is 0.480 e. The molecular weight excluding hydrogens is 222 g/mol. The first kappa shape index (κ1) is 13.4. The summed E-state index contributed by atoms with van der Waals surface area (Å²) in [5, 5.41) is 8.61. The number of nitrogens with zero attached hydrogens (tertiary/aromatic N) is 2. The summed E-state index contributed by atoms with van der Waals surface area (Å²) >= 11 is 0. The highest BCUT2D eigenvalue weighted by Gasteiger charge is 2.18. The molecule has 0 fully saturated rings. The van der Waals surface area contributed by atoms with Gasteiger partial charge in [0.15, 0.2) is 0 Å². The summed E-state index contributed by atoms with van der Waals surface area (Å²) in [6.45, 7) is 5.83. The second-order valence-corrected chi connectivity index (χ2v) is 4.72. The maximum atomic E-state index is 10.5. The second-order valence-electron chi connectivity index (χ2n) is 4.72. The molecule has 1 atom stereocenters. The molecule has 1 heterocycles. The van der Waals surface area contributed by atoms with Crippen LogP contribution >= 0.6 is 0 Å². The first-order valence-electron chi connectivity index (χ1n) is 5.25. The van der Waals surface area contributed by atoms with Crippen molar-refractivity contribution in [1.29, 1.82) is 0 Å². The minimum absolute atomic E-state index is 0.115. The van der Waals surface area contributed by atoms with E-state index < -0.39 is 12.0 Å². The molecular formula is C11H17N3O3. The number of rotatable bonds is 4. The van der Waals surface area contributed by atoms with Crippen LogP contribution in [-0.2, 0) is 10.2 Å². The number of carboxylic acid groups (broad SMARTS) is 1. The van der Waals surface area contributed by atoms with E-state index in [9.17, 15) is 4.79 Å². The number of aromatic nitrogens is 2. The highest BCUT2D eigenvalue weighted by atomic mass is 16.5. The van der Waals surface area contributed by atoms with Crippen LogP contribution in [0.5, 0.6) is 5.88 Å². The Bertz CT molecular complexity index is 401. The van der Waals surface area contributed by atoms with Crippen molar-refractivity contribution in [2.45, 2.75) is 32.2 Å². The van der Waals surface area contributed by atoms with Crippen LogP contribution in [0.3, 0.4) is 0 Å². The molecule has 1 rings (SSSR count). The zero-order valence-corrected chi connectivity index (χ0v) is 10.2. The molecule has 0 radical (unpaired) electrons. The lowest BCUT2D eigenvalue weighted by Gasteiger charge is -2.17. The smallest absolute Gasteiger partial charge is 0.324 e. The van der Waals surface area contributed by atoms with Crippen LogP contribution in [0.15, 0.2) is 12.3 Å². The molecule has 0 aliphatic carbocycles. The Kier molecular flexibility index (Phi) is 4.01. The Morgan fingerprint density at radius 2 is 2.24 bits per heavy atom. The number of hydrogen-bond acceptors (Lipinski definition) is 5. The number of carbonyl (C=O) groups is 1. The molecule has 0 amide bonds. The summed E-state index contributed by atoms with van der Waals surface area (Å²) in [5.74, 6) is -0.129. The summed E-state index contributed by atoms with van der Waals surface area (Å²) in [5.41, 5.74) is 5.13. The fraction of sp³-hybridized carbons (Fsp3) is 0.545. The van der Waals surface area contributed by atoms with Gasteiger partial charge in [0, 0.05) is 17.7 Å². The van der Waals surface area contributed by atoms with Gasteiger partial charge in [-0.05, 0) is 0 Å². The summed E-state index contributed by atoms with van der Waals surface area (Å²) in [4.78, 5) is 18.8. The van der Waals surface area contributed by atoms with E-state index in [0.29, 0.717) is 11.7 Å². The van der Waals surface area contributed by atoms with Crippen molar-refractivity contribution in [3.8, 4) is 5.88 Å². The van der Waals surface area contributed by atoms with Crippen molar-refractivity contribution in [3.63, 3.8) is 0 Å². The molecule has 17 heavy (non-hydrogen) atoms. The number of aliphatic carboxylic acids is 1. The van der Waals surface area contributed by atoms with Gasteiger partial charge in [-0.25, -0.2) is 4.98 Å². The third kappa shape index (κ3) is 3.99. The van der Waals surface area contributed by atoms with E-state index in [2.05, 4.69) is 9.97 Å². The quantitative estimate of drug-likeness (QED) is 0.796. The highest BCUT2D eigenvalue weighted by Crippen LogP contribution is 2.19. The van der Waals surface area contributed by atoms with Crippen molar-refractivity contribution >= 4 is 5.97 Å². The molecule has 0 saturated heterocycles. The molecule has 0 bridgehead atoms. The topological polar surface area (TPSA) is 98.3 Å². The summed E-state index contributed by atoms with van der Waals surface area (Å²) in [6, 6.07) is 0.520. The van der Waals surface area contributed by atoms with Gasteiger partial charge < -0.3 is 15.6 Å². The van der Waals surface area contributed by atoms with Gasteiger partial charge in [0.2, 0.25) is 5.88 Å². The Morgan fingerprint density at radius 3 is 2.76 bits per heavy atom. The van der Waals surface area contributed by atoms with Crippen LogP contribution in [0, 0.1) is 0 Å². The lowest BCUT2D eigenvalue weighted by atomic mass is 9.96. The van der Waals surface area contributed by atoms with Gasteiger partial charge in [0.1, 0.15) is 18.5 Å². The van der Waals surface area contributed by atoms with Crippen LogP contribution in [0.2, 0.25) is 0 Å². The van der Waals surface area contributed by atoms with Gasteiger partial charge >= 0.3 is 5.97 Å². The van der Waals surface area contributed by atoms with Gasteiger partial charge in [-0.15, -0.1) is 0 Å². The van der Waals surface area contributed by atoms with E-state index in [4.69, 9.17) is 15.6 Å². The van der Waals surface area contributed by atoms with Crippen molar-refractivity contribution in [2.24, 2.45) is 5.73 Å². The lowest BCUT2D eigenvalue weighted by Crippen LogP contribution is -2.36. The Labute approximate surface area is 99.8 Å². The average Bonchev–Trinajstić information content (AvgIpc) is 2.25. The monoisotopic (exact) mass is 239 g/mol. The molecule has 0 aromatic carbocycles. The zero-order chi connectivity index (χ0) is 13.1. The first-order valence-corrected chi connectivity index (χ1v) is 5.25. The van der Waals surface area contributed by atoms with Crippen LogP contribution in [-0.4, -0.2) is 33.7 Å². The predicted octanol–water partition coefficient (Wildman–Crippen LogP) is 0.565. The van der Waals surface area contributed by atoms with E-state index in [-0.39, 0.29) is 12.0 Å². The number of nitrogens with two attached hydrogens (primary N) is 1. The molecule has 0 aliphatic heterocycles. The van der Waals surface area contributed by atoms with Gasteiger partial charge in [0.25, 0.3) is 0 Å². The zero-order valence-electron chi connectivity index (χ0n) is 10.2. The minimum Gasteiger partial charge on any atom is -0.480 e. The maximum Gasteiger partial charge on any atom is 0.324 e. The van der Waals surface area contributed by atoms with Gasteiger partial charge in [0.05, 0.1) is 0 Å². The Balaban J connectivity index is 2.70. The van der Waals surface area contributed by atoms with Gasteiger partial charge in [-0.2, -0.15) is 4.98 Å². The van der Waals surface area contributed by atoms with Crippen LogP contribution in [0.1, 0.15) is 26.6 Å². The highest BCUT2D eigenvalue weighted by molar-refractivity contribution is 5.73. The SMILES string of the molecule is CC(C)(C)c1nccc(OCC(N)C(=O)O)n1. The third-order valence-electron chi connectivity index (χ3n) is 2.03. The van der Waals surface area contributed by atoms with Crippen LogP contribution < -0.4 is 10.5 Å². The third-order valence-corrected chi connectivity index (χ3v) is 2.03. The van der Waals surface area contributed by atoms with Crippen molar-refractivity contribution in [1.82, 2.24) is 9.97 Å². The van der Waals surface area contributed by atoms with E-state index >= 15 is 0 Å². The molecule has 1 unspecified atom stereocenters. The lowest BCUT2D eigenvalue weighted by molar-refractivity contribution is -0.139. The van der Waals surface area contributed by atoms with E-state index in [1.807, 2.05) is 20.8 Å². The fourth-order valence-corrected chi connectivity index (χ4v) is 1.03. The van der Waals surface area contributed by atoms with Crippen LogP contribution in [0.4, 0.5) is 0 Å². The Morgan fingerprint density at radius 1 is 1.59 bits per heavy atom. The maximum absolute atomic E-state index is 10.5. The van der Waals surface area contributed by atoms with Crippen LogP contribution in [0.25, 0.3) is 0 Å². The van der Waals surface area contributed by atoms with Crippen molar-refractivity contribution in [3.05, 3.63) is 18.1 Å². The summed E-state index contributed by atoms with van der Waals surface area (Å²) in [7, 11) is 0. The molecule has 0 spiro atoms. The standard InChI is InChI=1S/C11H17N3O3/c1-11(2,3)10-13-5-4-8(14-10)17-6-7(12)9(15)16/h4-5,7H,6,12H2,1-3H3,(H,15,16). The number of hydrogen-bond donors (Lipinski definition) is 2. The number of carboxylic acids is 1. The Hall–Kier alpha value is -1.69. The van der Waals surface area contributed by atoms with E-state index in [1.165, 1.54) is 0 Å². The molecule has 94 valence electrons. The fourth-order valence-electron chi connectivity index (χ4n) is 1.03. The molecule has 1 aromatic heterocycles. The second kappa shape index (κ2) is 5.09. The molecule has 6 heteroatoms. The minimum atomic E-state index is -1.10. The molecule has 1 aromatic rings. The van der Waals surface area contributed by atoms with Crippen molar-refractivity contribution in [2.75, 3.05) is 6.61 Å². The van der Waals surface area contributed by atoms with Gasteiger partial charge in [-0.3, -0.25) is 4.79 Å². The molecule has 0 saturated carbocycles.